The zero-order valence-corrected chi connectivity index (χ0v) is 21.1. The average Bonchev–Trinajstić information content (AvgIpc) is 2.80. The maximum Gasteiger partial charge on any atom is 0.249 e. The van der Waals surface area contributed by atoms with Gasteiger partial charge in [-0.3, -0.25) is 9.59 Å². The molecule has 0 saturated carbocycles. The van der Waals surface area contributed by atoms with Gasteiger partial charge in [0.2, 0.25) is 11.8 Å². The smallest absolute Gasteiger partial charge is 0.249 e. The molecule has 3 aromatic rings. The van der Waals surface area contributed by atoms with Gasteiger partial charge in [0, 0.05) is 11.8 Å². The largest absolute Gasteiger partial charge is 0.497 e. The van der Waals surface area contributed by atoms with E-state index in [0.717, 1.165) is 11.1 Å². The number of amides is 2. The number of carbonyl (C=O) groups is 2. The van der Waals surface area contributed by atoms with Crippen LogP contribution in [0.3, 0.4) is 0 Å². The summed E-state index contributed by atoms with van der Waals surface area (Å²) in [6.07, 6.45) is 1.09. The number of hydrogen-bond donors (Lipinski definition) is 2. The van der Waals surface area contributed by atoms with Gasteiger partial charge in [0.15, 0.2) is 0 Å². The van der Waals surface area contributed by atoms with Crippen LogP contribution in [0.4, 0.5) is 5.69 Å². The molecule has 0 aliphatic carbocycles. The lowest BCUT2D eigenvalue weighted by Crippen LogP contribution is -2.24. The molecule has 0 atom stereocenters. The fourth-order valence-corrected chi connectivity index (χ4v) is 3.61. The molecule has 7 nitrogen and oxygen atoms in total. The number of ether oxygens (including phenoxy) is 2. The van der Waals surface area contributed by atoms with Crippen molar-refractivity contribution in [2.24, 2.45) is 5.10 Å². The van der Waals surface area contributed by atoms with E-state index in [-0.39, 0.29) is 6.42 Å². The second kappa shape index (κ2) is 12.4. The Labute approximate surface area is 215 Å². The Morgan fingerprint density at radius 2 is 1.85 bits per heavy atom. The van der Waals surface area contributed by atoms with E-state index in [0.29, 0.717) is 38.3 Å². The lowest BCUT2D eigenvalue weighted by molar-refractivity contribution is -0.126. The van der Waals surface area contributed by atoms with E-state index in [1.807, 2.05) is 6.07 Å². The van der Waals surface area contributed by atoms with E-state index >= 15 is 0 Å². The molecule has 0 unspecified atom stereocenters. The van der Waals surface area contributed by atoms with Crippen LogP contribution < -0.4 is 20.2 Å². The number of nitrogens with zero attached hydrogens (tertiary/aromatic N) is 1. The summed E-state index contributed by atoms with van der Waals surface area (Å²) in [7, 11) is 1.53. The highest BCUT2D eigenvalue weighted by molar-refractivity contribution is 9.10. The van der Waals surface area contributed by atoms with Crippen molar-refractivity contribution in [2.45, 2.75) is 13.0 Å². The third kappa shape index (κ3) is 7.76. The predicted molar refractivity (Wildman–Crippen MR) is 137 cm³/mol. The fraction of sp³-hybridized carbons (Fsp3) is 0.125. The monoisotopic (exact) mass is 563 g/mol. The molecule has 0 aliphatic rings. The van der Waals surface area contributed by atoms with E-state index in [1.165, 1.54) is 13.3 Å². The number of anilines is 1. The van der Waals surface area contributed by atoms with Crippen LogP contribution in [0.25, 0.3) is 0 Å². The van der Waals surface area contributed by atoms with Crippen LogP contribution in [-0.2, 0) is 16.2 Å². The van der Waals surface area contributed by atoms with Crippen LogP contribution in [0.15, 0.2) is 70.2 Å². The first-order chi connectivity index (χ1) is 16.3. The summed E-state index contributed by atoms with van der Waals surface area (Å²) < 4.78 is 11.6. The summed E-state index contributed by atoms with van der Waals surface area (Å²) in [5.41, 5.74) is 4.47. The number of benzene rings is 3. The van der Waals surface area contributed by atoms with E-state index in [2.05, 4.69) is 31.8 Å². The van der Waals surface area contributed by atoms with Crippen LogP contribution in [-0.4, -0.2) is 25.1 Å². The van der Waals surface area contributed by atoms with Gasteiger partial charge in [-0.15, -0.1) is 0 Å². The van der Waals surface area contributed by atoms with Gasteiger partial charge in [0.05, 0.1) is 27.8 Å². The standard InChI is InChI=1S/C24H20BrCl2N3O4/c1-33-18-4-2-3-17(11-18)29-23(31)12-24(32)30-28-13-15-6-8-22(19(25)9-15)34-14-16-5-7-20(26)21(27)10-16/h2-11,13H,12,14H2,1H3,(H,29,31)(H,30,32). The van der Waals surface area contributed by atoms with Crippen molar-refractivity contribution in [2.75, 3.05) is 12.4 Å². The van der Waals surface area contributed by atoms with Crippen LogP contribution in [0.5, 0.6) is 11.5 Å². The molecule has 0 heterocycles. The molecular formula is C24H20BrCl2N3O4. The molecule has 0 radical (unpaired) electrons. The number of hydrazone groups is 1. The first-order valence-corrected chi connectivity index (χ1v) is 11.5. The van der Waals surface area contributed by atoms with Gasteiger partial charge in [0.25, 0.3) is 0 Å². The number of nitrogens with one attached hydrogen (secondary N) is 2. The minimum atomic E-state index is -0.544. The highest BCUT2D eigenvalue weighted by Crippen LogP contribution is 2.28. The molecule has 10 heteroatoms. The number of halogens is 3. The summed E-state index contributed by atoms with van der Waals surface area (Å²) in [6.45, 7) is 0.316. The third-order valence-corrected chi connectivity index (χ3v) is 5.77. The summed E-state index contributed by atoms with van der Waals surface area (Å²) in [5, 5.41) is 7.48. The molecule has 34 heavy (non-hydrogen) atoms. The van der Waals surface area contributed by atoms with Crippen LogP contribution in [0.1, 0.15) is 17.5 Å². The quantitative estimate of drug-likeness (QED) is 0.195. The van der Waals surface area contributed by atoms with Crippen molar-refractivity contribution in [3.63, 3.8) is 0 Å². The van der Waals surface area contributed by atoms with Gasteiger partial charge in [-0.05, 0) is 69.5 Å². The molecule has 0 saturated heterocycles. The first-order valence-electron chi connectivity index (χ1n) is 9.96. The predicted octanol–water partition coefficient (Wildman–Crippen LogP) is 5.82. The van der Waals surface area contributed by atoms with E-state index < -0.39 is 11.8 Å². The van der Waals surface area contributed by atoms with Gasteiger partial charge in [-0.25, -0.2) is 5.43 Å². The van der Waals surface area contributed by atoms with E-state index in [4.69, 9.17) is 32.7 Å². The van der Waals surface area contributed by atoms with Crippen LogP contribution >= 0.6 is 39.1 Å². The summed E-state index contributed by atoms with van der Waals surface area (Å²) in [5.74, 6) is 0.217. The average molecular weight is 565 g/mol. The van der Waals surface area contributed by atoms with E-state index in [9.17, 15) is 9.59 Å². The Morgan fingerprint density at radius 1 is 1.03 bits per heavy atom. The maximum absolute atomic E-state index is 12.0. The van der Waals surface area contributed by atoms with Crippen molar-refractivity contribution < 1.29 is 19.1 Å². The second-order valence-corrected chi connectivity index (χ2v) is 8.65. The van der Waals surface area contributed by atoms with Crippen molar-refractivity contribution >= 4 is 62.8 Å². The highest BCUT2D eigenvalue weighted by Gasteiger charge is 2.10. The molecular weight excluding hydrogens is 545 g/mol. The summed E-state index contributed by atoms with van der Waals surface area (Å²) >= 11 is 15.4. The van der Waals surface area contributed by atoms with Gasteiger partial charge < -0.3 is 14.8 Å². The van der Waals surface area contributed by atoms with Crippen molar-refractivity contribution in [1.82, 2.24) is 5.43 Å². The molecule has 2 amide bonds. The minimum Gasteiger partial charge on any atom is -0.497 e. The Balaban J connectivity index is 1.48. The summed E-state index contributed by atoms with van der Waals surface area (Å²) in [4.78, 5) is 24.0. The van der Waals surface area contributed by atoms with Gasteiger partial charge >= 0.3 is 0 Å². The van der Waals surface area contributed by atoms with Crippen molar-refractivity contribution in [1.29, 1.82) is 0 Å². The molecule has 0 fully saturated rings. The second-order valence-electron chi connectivity index (χ2n) is 6.98. The number of methoxy groups -OCH3 is 1. The highest BCUT2D eigenvalue weighted by atomic mass is 79.9. The zero-order valence-electron chi connectivity index (χ0n) is 18.0. The molecule has 3 aromatic carbocycles. The third-order valence-electron chi connectivity index (χ3n) is 4.41. The normalized spacial score (nSPS) is 10.7. The Hall–Kier alpha value is -3.07. The number of hydrogen-bond acceptors (Lipinski definition) is 5. The van der Waals surface area contributed by atoms with Crippen LogP contribution in [0, 0.1) is 0 Å². The Bertz CT molecular complexity index is 1220. The SMILES string of the molecule is COc1cccc(NC(=O)CC(=O)NN=Cc2ccc(OCc3ccc(Cl)c(Cl)c3)c(Br)c2)c1. The fourth-order valence-electron chi connectivity index (χ4n) is 2.78. The van der Waals surface area contributed by atoms with Crippen molar-refractivity contribution in [3.8, 4) is 11.5 Å². The molecule has 0 bridgehead atoms. The van der Waals surface area contributed by atoms with Gasteiger partial charge in [0.1, 0.15) is 24.5 Å². The molecule has 3 rings (SSSR count). The van der Waals surface area contributed by atoms with Gasteiger partial charge in [-0.2, -0.15) is 5.10 Å². The number of rotatable bonds is 9. The topological polar surface area (TPSA) is 89.0 Å². The summed E-state index contributed by atoms with van der Waals surface area (Å²) in [6, 6.07) is 17.5. The lowest BCUT2D eigenvalue weighted by Gasteiger charge is -2.09. The van der Waals surface area contributed by atoms with E-state index in [1.54, 1.807) is 54.6 Å². The lowest BCUT2D eigenvalue weighted by atomic mass is 10.2. The molecule has 0 aliphatic heterocycles. The molecule has 2 N–H and O–H groups in total. The molecule has 0 spiro atoms. The van der Waals surface area contributed by atoms with Gasteiger partial charge in [-0.1, -0.05) is 35.3 Å². The molecule has 176 valence electrons. The first kappa shape index (κ1) is 25.6. The van der Waals surface area contributed by atoms with Crippen LogP contribution in [0.2, 0.25) is 10.0 Å². The Morgan fingerprint density at radius 3 is 2.59 bits per heavy atom. The minimum absolute atomic E-state index is 0.316. The zero-order chi connectivity index (χ0) is 24.5. The molecule has 0 aromatic heterocycles. The Kier molecular flexibility index (Phi) is 9.33. The maximum atomic E-state index is 12.0. The van der Waals surface area contributed by atoms with Crippen molar-refractivity contribution in [3.05, 3.63) is 86.3 Å². The number of carbonyl (C=O) groups excluding carboxylic acids is 2.